The van der Waals surface area contributed by atoms with Crippen molar-refractivity contribution in [1.82, 2.24) is 9.55 Å². The first-order chi connectivity index (χ1) is 6.36. The van der Waals surface area contributed by atoms with E-state index in [1.54, 1.807) is 12.5 Å². The predicted molar refractivity (Wildman–Crippen MR) is 46.3 cm³/mol. The molecule has 0 unspecified atom stereocenters. The third-order valence-corrected chi connectivity index (χ3v) is 1.73. The van der Waals surface area contributed by atoms with E-state index in [2.05, 4.69) is 4.98 Å². The second-order valence-corrected chi connectivity index (χ2v) is 2.68. The van der Waals surface area contributed by atoms with Crippen molar-refractivity contribution in [2.45, 2.75) is 6.54 Å². The van der Waals surface area contributed by atoms with E-state index in [-0.39, 0.29) is 5.56 Å². The van der Waals surface area contributed by atoms with E-state index in [1.807, 2.05) is 6.07 Å². The molecule has 2 heterocycles. The van der Waals surface area contributed by atoms with Gasteiger partial charge < -0.3 is 4.42 Å². The molecule has 0 radical (unpaired) electrons. The van der Waals surface area contributed by atoms with Gasteiger partial charge in [0.15, 0.2) is 0 Å². The van der Waals surface area contributed by atoms with E-state index in [1.165, 1.54) is 23.2 Å². The van der Waals surface area contributed by atoms with Crippen molar-refractivity contribution in [3.05, 3.63) is 53.1 Å². The summed E-state index contributed by atoms with van der Waals surface area (Å²) in [6, 6.07) is 3.25. The van der Waals surface area contributed by atoms with Gasteiger partial charge in [-0.2, -0.15) is 0 Å². The Hall–Kier alpha value is -1.84. The van der Waals surface area contributed by atoms with Gasteiger partial charge in [0.2, 0.25) is 0 Å². The van der Waals surface area contributed by atoms with Gasteiger partial charge in [-0.15, -0.1) is 0 Å². The summed E-state index contributed by atoms with van der Waals surface area (Å²) in [4.78, 5) is 15.1. The first kappa shape index (κ1) is 7.79. The molecule has 2 aromatic rings. The number of hydrogen-bond donors (Lipinski definition) is 0. The van der Waals surface area contributed by atoms with Crippen LogP contribution in [0.2, 0.25) is 0 Å². The molecule has 0 bridgehead atoms. The lowest BCUT2D eigenvalue weighted by Crippen LogP contribution is -2.18. The summed E-state index contributed by atoms with van der Waals surface area (Å²) in [5.74, 6) is 0. The average molecular weight is 176 g/mol. The van der Waals surface area contributed by atoms with Crippen LogP contribution in [0.25, 0.3) is 0 Å². The minimum absolute atomic E-state index is 0.0591. The lowest BCUT2D eigenvalue weighted by Gasteiger charge is -1.99. The Morgan fingerprint density at radius 3 is 3.08 bits per heavy atom. The van der Waals surface area contributed by atoms with E-state index >= 15 is 0 Å². The number of nitrogens with zero attached hydrogens (tertiary/aromatic N) is 2. The maximum absolute atomic E-state index is 11.2. The van der Waals surface area contributed by atoms with Crippen LogP contribution in [0.5, 0.6) is 0 Å². The van der Waals surface area contributed by atoms with E-state index < -0.39 is 0 Å². The Balaban J connectivity index is 2.29. The minimum atomic E-state index is -0.0591. The fourth-order valence-electron chi connectivity index (χ4n) is 1.08. The Morgan fingerprint density at radius 2 is 2.38 bits per heavy atom. The highest BCUT2D eigenvalue weighted by atomic mass is 16.3. The van der Waals surface area contributed by atoms with Crippen molar-refractivity contribution in [3.8, 4) is 0 Å². The molecular formula is C9H8N2O2. The molecule has 0 aliphatic carbocycles. The third kappa shape index (κ3) is 1.66. The fourth-order valence-corrected chi connectivity index (χ4v) is 1.08. The molecule has 4 heteroatoms. The van der Waals surface area contributed by atoms with E-state index in [0.717, 1.165) is 5.56 Å². The van der Waals surface area contributed by atoms with Crippen LogP contribution in [0.1, 0.15) is 5.56 Å². The van der Waals surface area contributed by atoms with E-state index in [4.69, 9.17) is 4.42 Å². The zero-order chi connectivity index (χ0) is 9.10. The second kappa shape index (κ2) is 3.26. The van der Waals surface area contributed by atoms with Crippen molar-refractivity contribution in [2.75, 3.05) is 0 Å². The molecule has 4 nitrogen and oxygen atoms in total. The Kier molecular flexibility index (Phi) is 1.96. The topological polar surface area (TPSA) is 48.0 Å². The molecule has 0 aliphatic heterocycles. The normalized spacial score (nSPS) is 10.2. The molecule has 0 saturated carbocycles. The van der Waals surface area contributed by atoms with Crippen molar-refractivity contribution in [3.63, 3.8) is 0 Å². The molecule has 13 heavy (non-hydrogen) atoms. The smallest absolute Gasteiger partial charge is 0.253 e. The third-order valence-electron chi connectivity index (χ3n) is 1.73. The highest BCUT2D eigenvalue weighted by Crippen LogP contribution is 2.00. The molecule has 2 rings (SSSR count). The van der Waals surface area contributed by atoms with E-state index in [9.17, 15) is 4.79 Å². The summed E-state index contributed by atoms with van der Waals surface area (Å²) in [6.07, 6.45) is 6.18. The van der Waals surface area contributed by atoms with Crippen molar-refractivity contribution in [2.24, 2.45) is 0 Å². The molecule has 0 fully saturated rings. The zero-order valence-corrected chi connectivity index (χ0v) is 6.88. The SMILES string of the molecule is O=c1ccncn1Cc1ccoc1. The maximum Gasteiger partial charge on any atom is 0.253 e. The van der Waals surface area contributed by atoms with Crippen LogP contribution in [0, 0.1) is 0 Å². The van der Waals surface area contributed by atoms with Crippen molar-refractivity contribution < 1.29 is 4.42 Å². The van der Waals surface area contributed by atoms with Crippen LogP contribution in [0.15, 0.2) is 46.4 Å². The van der Waals surface area contributed by atoms with Crippen LogP contribution in [-0.4, -0.2) is 9.55 Å². The van der Waals surface area contributed by atoms with Crippen molar-refractivity contribution in [1.29, 1.82) is 0 Å². The number of furan rings is 1. The second-order valence-electron chi connectivity index (χ2n) is 2.68. The molecule has 0 aromatic carbocycles. The number of hydrogen-bond acceptors (Lipinski definition) is 3. The van der Waals surface area contributed by atoms with Crippen LogP contribution in [0.3, 0.4) is 0 Å². The van der Waals surface area contributed by atoms with Gasteiger partial charge in [0.1, 0.15) is 0 Å². The summed E-state index contributed by atoms with van der Waals surface area (Å²) >= 11 is 0. The van der Waals surface area contributed by atoms with Crippen LogP contribution >= 0.6 is 0 Å². The molecule has 0 N–H and O–H groups in total. The van der Waals surface area contributed by atoms with Gasteiger partial charge in [-0.05, 0) is 6.07 Å². The molecule has 66 valence electrons. The van der Waals surface area contributed by atoms with Crippen LogP contribution in [-0.2, 0) is 6.54 Å². The molecular weight excluding hydrogens is 168 g/mol. The summed E-state index contributed by atoms with van der Waals surface area (Å²) in [5, 5.41) is 0. The fraction of sp³-hybridized carbons (Fsp3) is 0.111. The summed E-state index contributed by atoms with van der Waals surface area (Å²) < 4.78 is 6.41. The quantitative estimate of drug-likeness (QED) is 0.682. The average Bonchev–Trinajstić information content (AvgIpc) is 2.61. The molecule has 0 saturated heterocycles. The lowest BCUT2D eigenvalue weighted by molar-refractivity contribution is 0.561. The molecule has 0 atom stereocenters. The van der Waals surface area contributed by atoms with Gasteiger partial charge in [0.05, 0.1) is 25.4 Å². The van der Waals surface area contributed by atoms with Crippen molar-refractivity contribution >= 4 is 0 Å². The largest absolute Gasteiger partial charge is 0.472 e. The molecule has 0 spiro atoms. The van der Waals surface area contributed by atoms with Gasteiger partial charge in [-0.25, -0.2) is 4.98 Å². The maximum atomic E-state index is 11.2. The monoisotopic (exact) mass is 176 g/mol. The summed E-state index contributed by atoms with van der Waals surface area (Å²) in [7, 11) is 0. The highest BCUT2D eigenvalue weighted by Gasteiger charge is 1.97. The van der Waals surface area contributed by atoms with Gasteiger partial charge in [0.25, 0.3) is 5.56 Å². The molecule has 0 aliphatic rings. The van der Waals surface area contributed by atoms with E-state index in [0.29, 0.717) is 6.54 Å². The minimum Gasteiger partial charge on any atom is -0.472 e. The molecule has 0 amide bonds. The van der Waals surface area contributed by atoms with Gasteiger partial charge in [-0.3, -0.25) is 9.36 Å². The number of rotatable bonds is 2. The first-order valence-corrected chi connectivity index (χ1v) is 3.88. The number of aromatic nitrogens is 2. The van der Waals surface area contributed by atoms with Crippen LogP contribution < -0.4 is 5.56 Å². The standard InChI is InChI=1S/C9H8N2O2/c12-9-1-3-10-7-11(9)5-8-2-4-13-6-8/h1-4,6-7H,5H2. The first-order valence-electron chi connectivity index (χ1n) is 3.88. The predicted octanol–water partition coefficient (Wildman–Crippen LogP) is 0.885. The Bertz CT molecular complexity index is 431. The molecule has 2 aromatic heterocycles. The summed E-state index contributed by atoms with van der Waals surface area (Å²) in [6.45, 7) is 0.503. The highest BCUT2D eigenvalue weighted by molar-refractivity contribution is 5.06. The Labute approximate surface area is 74.5 Å². The zero-order valence-electron chi connectivity index (χ0n) is 6.88. The van der Waals surface area contributed by atoms with Crippen LogP contribution in [0.4, 0.5) is 0 Å². The van der Waals surface area contributed by atoms with Gasteiger partial charge in [-0.1, -0.05) is 0 Å². The van der Waals surface area contributed by atoms with Gasteiger partial charge >= 0.3 is 0 Å². The summed E-state index contributed by atoms with van der Waals surface area (Å²) in [5.41, 5.74) is 0.895. The lowest BCUT2D eigenvalue weighted by atomic mass is 10.3. The Morgan fingerprint density at radius 1 is 1.46 bits per heavy atom. The van der Waals surface area contributed by atoms with Gasteiger partial charge in [0, 0.05) is 17.8 Å².